The second kappa shape index (κ2) is 28.2. The van der Waals surface area contributed by atoms with Crippen molar-refractivity contribution < 1.29 is 90.0 Å². The molecule has 0 saturated carbocycles. The smallest absolute Gasteiger partial charge is 0.260 e. The van der Waals surface area contributed by atoms with Crippen molar-refractivity contribution >= 4 is 87.5 Å². The Morgan fingerprint density at radius 3 is 1.94 bits per heavy atom. The zero-order chi connectivity index (χ0) is 59.3. The molecule has 5 N–H and O–H groups in total. The van der Waals surface area contributed by atoms with Gasteiger partial charge in [0.25, 0.3) is 11.8 Å². The van der Waals surface area contributed by atoms with Gasteiger partial charge in [-0.2, -0.15) is 11.8 Å². The van der Waals surface area contributed by atoms with Crippen LogP contribution in [0.1, 0.15) is 96.3 Å². The van der Waals surface area contributed by atoms with Crippen molar-refractivity contribution in [2.75, 3.05) is 72.5 Å². The van der Waals surface area contributed by atoms with Crippen molar-refractivity contribution in [3.63, 3.8) is 0 Å². The summed E-state index contributed by atoms with van der Waals surface area (Å²) in [6.45, 7) is 5.76. The van der Waals surface area contributed by atoms with E-state index in [2.05, 4.69) is 26.6 Å². The van der Waals surface area contributed by atoms with Crippen molar-refractivity contribution in [3.05, 3.63) is 131 Å². The van der Waals surface area contributed by atoms with E-state index >= 15 is 0 Å². The number of hydrogen-bond acceptors (Lipinski definition) is 15. The maximum atomic E-state index is 14.3. The summed E-state index contributed by atoms with van der Waals surface area (Å²) in [5.74, 6) is -1.23. The van der Waals surface area contributed by atoms with Gasteiger partial charge >= 0.3 is 0 Å². The number of methoxy groups -OCH3 is 2. The van der Waals surface area contributed by atoms with Crippen molar-refractivity contribution in [1.29, 1.82) is 0 Å². The number of likely N-dealkylation sites (tertiary alicyclic amines) is 1. The number of anilines is 5. The zero-order valence-electron chi connectivity index (χ0n) is 48.3. The molecule has 23 heteroatoms. The first-order valence-corrected chi connectivity index (χ1v) is 29.3. The van der Waals surface area contributed by atoms with E-state index in [1.807, 2.05) is 82.9 Å². The van der Waals surface area contributed by atoms with E-state index in [-0.39, 0.29) is 133 Å². The molecule has 5 aromatic carbocycles. The van der Waals surface area contributed by atoms with E-state index in [4.69, 9.17) is 18.9 Å². The van der Waals surface area contributed by atoms with Gasteiger partial charge in [-0.15, -0.1) is 0 Å². The quantitative estimate of drug-likeness (QED) is 0.0272. The molecule has 5 atom stereocenters. The van der Waals surface area contributed by atoms with Gasteiger partial charge in [0.15, 0.2) is 23.0 Å². The third kappa shape index (κ3) is 13.9. The number of benzene rings is 5. The number of para-hydroxylation sites is 2. The Balaban J connectivity index is 0.00000480. The van der Waals surface area contributed by atoms with E-state index in [1.165, 1.54) is 44.7 Å². The fraction of sp³-hybridized carbons (Fsp3) is 0.381. The van der Waals surface area contributed by atoms with Crippen molar-refractivity contribution in [2.45, 2.75) is 109 Å². The number of unbranched alkanes of at least 4 members (excludes halogenated alkanes) is 1. The molecule has 0 aliphatic carbocycles. The fourth-order valence-corrected chi connectivity index (χ4v) is 12.0. The third-order valence-corrected chi connectivity index (χ3v) is 16.6. The monoisotopic (exact) mass is 1270 g/mol. The number of ether oxygens (including phenoxy) is 4. The van der Waals surface area contributed by atoms with Crippen LogP contribution in [0.3, 0.4) is 0 Å². The SMILES string of the molecule is C.COc1cc2c(cc1OCc1cc(COc3cc4c(cc3OC)C(=O)N3c5ccccc5C[C@H]3[CH-]N4C)cc(NC(=O)[C@H](C)NC(=O)[C@H](C)NC(=O)CCCCC(=O)NCCN3C(=O)CC(SC)C3=O)c1)NC[C@@H]1Cc3ccccc3N1C2=O.[Y]. The van der Waals surface area contributed by atoms with Crippen LogP contribution in [0, 0.1) is 6.54 Å². The first-order valence-electron chi connectivity index (χ1n) is 28.0. The minimum absolute atomic E-state index is 0. The van der Waals surface area contributed by atoms with Crippen LogP contribution in [0.15, 0.2) is 91.0 Å². The maximum absolute atomic E-state index is 14.3. The maximum Gasteiger partial charge on any atom is 0.260 e. The summed E-state index contributed by atoms with van der Waals surface area (Å²) in [6, 6.07) is 25.7. The van der Waals surface area contributed by atoms with Crippen LogP contribution in [-0.2, 0) is 87.5 Å². The molecule has 451 valence electrons. The number of nitrogens with one attached hydrogen (secondary N) is 5. The van der Waals surface area contributed by atoms with Gasteiger partial charge in [0.05, 0.1) is 42.3 Å². The summed E-state index contributed by atoms with van der Waals surface area (Å²) in [7, 11) is 4.91. The van der Waals surface area contributed by atoms with Gasteiger partial charge in [-0.1, -0.05) is 49.9 Å². The Hall–Kier alpha value is -7.69. The number of nitrogens with zero attached hydrogens (tertiary/aromatic N) is 4. The molecular weight excluding hydrogens is 1200 g/mol. The number of fused-ring (bicyclic) bond motifs is 8. The van der Waals surface area contributed by atoms with Crippen LogP contribution in [-0.4, -0.2) is 129 Å². The van der Waals surface area contributed by atoms with Crippen LogP contribution in [0.2, 0.25) is 0 Å². The molecule has 10 rings (SSSR count). The van der Waals surface area contributed by atoms with E-state index in [0.717, 1.165) is 28.9 Å². The molecule has 8 amide bonds. The van der Waals surface area contributed by atoms with Crippen LogP contribution in [0.4, 0.5) is 28.4 Å². The summed E-state index contributed by atoms with van der Waals surface area (Å²) in [6.07, 6.45) is 4.27. The van der Waals surface area contributed by atoms with E-state index < -0.39 is 29.8 Å². The molecule has 0 aromatic heterocycles. The topological polar surface area (TPSA) is 247 Å². The molecule has 86 heavy (non-hydrogen) atoms. The van der Waals surface area contributed by atoms with Gasteiger partial charge < -0.3 is 60.2 Å². The minimum atomic E-state index is -1.06. The predicted octanol–water partition coefficient (Wildman–Crippen LogP) is 6.79. The molecule has 1 radical (unpaired) electrons. The average Bonchev–Trinajstić information content (AvgIpc) is 3.63. The summed E-state index contributed by atoms with van der Waals surface area (Å²) in [4.78, 5) is 112. The Morgan fingerprint density at radius 1 is 0.698 bits per heavy atom. The number of imide groups is 1. The van der Waals surface area contributed by atoms with Crippen molar-refractivity contribution in [3.8, 4) is 23.0 Å². The second-order valence-corrected chi connectivity index (χ2v) is 22.5. The summed E-state index contributed by atoms with van der Waals surface area (Å²) in [5.41, 5.74) is 7.66. The van der Waals surface area contributed by atoms with Crippen LogP contribution in [0.5, 0.6) is 23.0 Å². The number of carbonyl (C=O) groups excluding carboxylic acids is 8. The second-order valence-electron chi connectivity index (χ2n) is 21.4. The summed E-state index contributed by atoms with van der Waals surface area (Å²) in [5, 5.41) is 14.0. The molecule has 1 saturated heterocycles. The van der Waals surface area contributed by atoms with Crippen LogP contribution < -0.4 is 60.2 Å². The fourth-order valence-electron chi connectivity index (χ4n) is 11.4. The Bertz CT molecular complexity index is 3440. The van der Waals surface area contributed by atoms with Crippen LogP contribution >= 0.6 is 11.8 Å². The van der Waals surface area contributed by atoms with Gasteiger partial charge in [-0.25, -0.2) is 6.54 Å². The Morgan fingerprint density at radius 2 is 1.29 bits per heavy atom. The molecule has 1 unspecified atom stereocenters. The molecule has 5 aromatic rings. The van der Waals surface area contributed by atoms with E-state index in [9.17, 15) is 38.4 Å². The predicted molar refractivity (Wildman–Crippen MR) is 324 cm³/mol. The van der Waals surface area contributed by atoms with Gasteiger partial charge in [-0.3, -0.25) is 43.3 Å². The number of hydrogen-bond donors (Lipinski definition) is 5. The number of rotatable bonds is 22. The molecule has 5 aliphatic rings. The standard InChI is InChI=1S/C62H68N9O12S.CH4.Y/c1-35(65-56(73)18-12-11-17-55(72)63-19-20-69-57(74)30-54(84-6)62(69)79)58(75)66-36(2)59(76)67-41-22-37(33-82-52-28-46-44(26-50(52)80-4)60(77)70-42(31-64-46)24-39-13-7-9-15-47(39)70)21-38(23-41)34-83-53-29-49-45(27-51(53)81-5)61(78)71-43(32-68(49)3)25-40-14-8-10-16-48(40)71;;/h7-10,13-16,21-23,26-29,32,35-36,42-43,54,64H,11-12,17-20,24-25,30-31,33-34H2,1-6H3,(H,63,72)(H,65,73)(H,66,75)(H,67,76);1H4;/q-1;;/t35-,36-,42-,43-,54?;;/m0../s1. The molecule has 5 aliphatic heterocycles. The number of likely N-dealkylation sites (N-methyl/N-ethyl adjacent to an activating group) is 1. The molecule has 21 nitrogen and oxygen atoms in total. The molecule has 5 heterocycles. The Kier molecular flexibility index (Phi) is 21.1. The largest absolute Gasteiger partial charge is 0.522 e. The first-order chi connectivity index (χ1) is 40.5. The number of thioether (sulfide) groups is 1. The average molecular weight is 1270 g/mol. The van der Waals surface area contributed by atoms with E-state index in [1.54, 1.807) is 42.7 Å². The summed E-state index contributed by atoms with van der Waals surface area (Å²) < 4.78 is 24.6. The molecule has 0 spiro atoms. The molecule has 1 fully saturated rings. The minimum Gasteiger partial charge on any atom is -0.522 e. The van der Waals surface area contributed by atoms with Crippen molar-refractivity contribution in [1.82, 2.24) is 20.9 Å². The zero-order valence-corrected chi connectivity index (χ0v) is 51.9. The summed E-state index contributed by atoms with van der Waals surface area (Å²) >= 11 is 1.32. The van der Waals surface area contributed by atoms with Gasteiger partial charge in [-0.05, 0) is 118 Å². The molecular formula is C63H72N9O12SY-. The molecule has 0 bridgehead atoms. The number of amides is 8. The van der Waals surface area contributed by atoms with Crippen LogP contribution in [0.25, 0.3) is 0 Å². The van der Waals surface area contributed by atoms with Gasteiger partial charge in [0.1, 0.15) is 25.3 Å². The number of carbonyl (C=O) groups is 8. The Labute approximate surface area is 530 Å². The van der Waals surface area contributed by atoms with E-state index in [0.29, 0.717) is 88.1 Å². The normalized spacial score (nSPS) is 17.7. The van der Waals surface area contributed by atoms with Crippen molar-refractivity contribution in [2.24, 2.45) is 0 Å². The van der Waals surface area contributed by atoms with Gasteiger partial charge in [0, 0.05) is 106 Å². The van der Waals surface area contributed by atoms with Gasteiger partial charge in [0.2, 0.25) is 35.4 Å². The first kappa shape index (κ1) is 64.3. The third-order valence-electron chi connectivity index (χ3n) is 15.7.